The molecule has 1 aliphatic heterocycles. The maximum Gasteiger partial charge on any atom is 0.133 e. The third kappa shape index (κ3) is 0.930. The van der Waals surface area contributed by atoms with Gasteiger partial charge in [0.15, 0.2) is 0 Å². The van der Waals surface area contributed by atoms with E-state index in [4.69, 9.17) is 10.5 Å². The summed E-state index contributed by atoms with van der Waals surface area (Å²) in [5, 5.41) is 1.05. The first-order chi connectivity index (χ1) is 6.86. The van der Waals surface area contributed by atoms with Gasteiger partial charge in [-0.1, -0.05) is 6.07 Å². The van der Waals surface area contributed by atoms with Crippen LogP contribution in [-0.2, 0) is 0 Å². The first-order valence-electron chi connectivity index (χ1n) is 4.62. The Balaban J connectivity index is 2.38. The van der Waals surface area contributed by atoms with Gasteiger partial charge in [0.2, 0.25) is 0 Å². The van der Waals surface area contributed by atoms with Gasteiger partial charge >= 0.3 is 0 Å². The standard InChI is InChI=1S/C11H10N2O/c12-9-6-14-11-7(9)3-4-10-8(11)2-1-5-13-10/h1-5,9H,6,12H2. The van der Waals surface area contributed by atoms with Crippen molar-refractivity contribution in [1.29, 1.82) is 0 Å². The van der Waals surface area contributed by atoms with Gasteiger partial charge in [0.25, 0.3) is 0 Å². The van der Waals surface area contributed by atoms with Crippen molar-refractivity contribution in [1.82, 2.24) is 4.98 Å². The van der Waals surface area contributed by atoms with Crippen LogP contribution < -0.4 is 10.5 Å². The van der Waals surface area contributed by atoms with Gasteiger partial charge in [-0.2, -0.15) is 0 Å². The first kappa shape index (κ1) is 7.76. The van der Waals surface area contributed by atoms with E-state index in [1.807, 2.05) is 24.3 Å². The average Bonchev–Trinajstić information content (AvgIpc) is 2.61. The molecule has 0 aliphatic carbocycles. The number of fused-ring (bicyclic) bond motifs is 3. The second-order valence-corrected chi connectivity index (χ2v) is 3.47. The average molecular weight is 186 g/mol. The molecule has 2 N–H and O–H groups in total. The predicted molar refractivity (Wildman–Crippen MR) is 54.2 cm³/mol. The number of hydrogen-bond acceptors (Lipinski definition) is 3. The van der Waals surface area contributed by atoms with Crippen LogP contribution in [-0.4, -0.2) is 11.6 Å². The highest BCUT2D eigenvalue weighted by atomic mass is 16.5. The molecule has 0 fully saturated rings. The molecule has 3 nitrogen and oxygen atoms in total. The number of hydrogen-bond donors (Lipinski definition) is 1. The highest BCUT2D eigenvalue weighted by Crippen LogP contribution is 2.36. The number of pyridine rings is 1. The van der Waals surface area contributed by atoms with E-state index in [2.05, 4.69) is 4.98 Å². The van der Waals surface area contributed by atoms with E-state index in [9.17, 15) is 0 Å². The van der Waals surface area contributed by atoms with Crippen LogP contribution in [0.2, 0.25) is 0 Å². The van der Waals surface area contributed by atoms with Gasteiger partial charge in [-0.3, -0.25) is 4.98 Å². The van der Waals surface area contributed by atoms with Gasteiger partial charge < -0.3 is 10.5 Å². The maximum atomic E-state index is 5.89. The molecule has 1 aromatic carbocycles. The zero-order valence-electron chi connectivity index (χ0n) is 7.60. The lowest BCUT2D eigenvalue weighted by molar-refractivity contribution is 0.336. The number of rotatable bonds is 0. The van der Waals surface area contributed by atoms with Gasteiger partial charge in [-0.05, 0) is 18.2 Å². The summed E-state index contributed by atoms with van der Waals surface area (Å²) in [6.45, 7) is 0.573. The van der Waals surface area contributed by atoms with Crippen molar-refractivity contribution in [2.24, 2.45) is 5.73 Å². The van der Waals surface area contributed by atoms with Crippen LogP contribution in [0.25, 0.3) is 10.9 Å². The fourth-order valence-electron chi connectivity index (χ4n) is 1.86. The molecule has 0 bridgehead atoms. The minimum atomic E-state index is 0.00889. The van der Waals surface area contributed by atoms with Crippen LogP contribution in [0, 0.1) is 0 Å². The number of nitrogens with two attached hydrogens (primary N) is 1. The minimum absolute atomic E-state index is 0.00889. The van der Waals surface area contributed by atoms with Crippen molar-refractivity contribution in [2.75, 3.05) is 6.61 Å². The molecule has 0 spiro atoms. The summed E-state index contributed by atoms with van der Waals surface area (Å²) in [5.74, 6) is 0.906. The third-order valence-electron chi connectivity index (χ3n) is 2.57. The summed E-state index contributed by atoms with van der Waals surface area (Å²) in [6.07, 6.45) is 1.78. The second kappa shape index (κ2) is 2.69. The molecule has 14 heavy (non-hydrogen) atoms. The van der Waals surface area contributed by atoms with Crippen LogP contribution in [0.1, 0.15) is 11.6 Å². The van der Waals surface area contributed by atoms with Crippen molar-refractivity contribution in [2.45, 2.75) is 6.04 Å². The fourth-order valence-corrected chi connectivity index (χ4v) is 1.86. The molecule has 0 amide bonds. The lowest BCUT2D eigenvalue weighted by Gasteiger charge is -2.03. The summed E-state index contributed by atoms with van der Waals surface area (Å²) in [4.78, 5) is 4.26. The highest BCUT2D eigenvalue weighted by molar-refractivity contribution is 5.87. The van der Waals surface area contributed by atoms with E-state index in [0.29, 0.717) is 6.61 Å². The van der Waals surface area contributed by atoms with Crippen LogP contribution in [0.15, 0.2) is 30.5 Å². The SMILES string of the molecule is NC1COc2c1ccc1ncccc21. The minimum Gasteiger partial charge on any atom is -0.491 e. The number of aromatic nitrogens is 1. The summed E-state index contributed by atoms with van der Waals surface area (Å²) in [7, 11) is 0. The van der Waals surface area contributed by atoms with E-state index in [1.54, 1.807) is 6.20 Å². The molecule has 0 saturated heterocycles. The summed E-state index contributed by atoms with van der Waals surface area (Å²) in [5.41, 5.74) is 7.94. The van der Waals surface area contributed by atoms with Gasteiger partial charge in [0.1, 0.15) is 12.4 Å². The normalized spacial score (nSPS) is 19.4. The Bertz CT molecular complexity index is 496. The van der Waals surface area contributed by atoms with Crippen LogP contribution >= 0.6 is 0 Å². The molecule has 2 heterocycles. The van der Waals surface area contributed by atoms with Gasteiger partial charge in [0, 0.05) is 17.1 Å². The van der Waals surface area contributed by atoms with E-state index >= 15 is 0 Å². The summed E-state index contributed by atoms with van der Waals surface area (Å²) in [6, 6.07) is 7.93. The Kier molecular flexibility index (Phi) is 1.49. The van der Waals surface area contributed by atoms with E-state index in [-0.39, 0.29) is 6.04 Å². The predicted octanol–water partition coefficient (Wildman–Crippen LogP) is 1.63. The largest absolute Gasteiger partial charge is 0.491 e. The van der Waals surface area contributed by atoms with Gasteiger partial charge in [-0.15, -0.1) is 0 Å². The third-order valence-corrected chi connectivity index (χ3v) is 2.57. The molecule has 3 heteroatoms. The van der Waals surface area contributed by atoms with E-state index in [0.717, 1.165) is 22.2 Å². The monoisotopic (exact) mass is 186 g/mol. The summed E-state index contributed by atoms with van der Waals surface area (Å²) >= 11 is 0. The molecule has 2 aromatic rings. The second-order valence-electron chi connectivity index (χ2n) is 3.47. The van der Waals surface area contributed by atoms with Crippen molar-refractivity contribution in [3.63, 3.8) is 0 Å². The molecule has 0 radical (unpaired) electrons. The smallest absolute Gasteiger partial charge is 0.133 e. The Morgan fingerprint density at radius 3 is 3.21 bits per heavy atom. The van der Waals surface area contributed by atoms with Crippen molar-refractivity contribution in [3.8, 4) is 5.75 Å². The number of nitrogens with zero attached hydrogens (tertiary/aromatic N) is 1. The zero-order chi connectivity index (χ0) is 9.54. The van der Waals surface area contributed by atoms with Crippen LogP contribution in [0.4, 0.5) is 0 Å². The Morgan fingerprint density at radius 2 is 2.29 bits per heavy atom. The molecule has 70 valence electrons. The van der Waals surface area contributed by atoms with Crippen LogP contribution in [0.3, 0.4) is 0 Å². The molecule has 3 rings (SSSR count). The quantitative estimate of drug-likeness (QED) is 0.680. The Hall–Kier alpha value is -1.61. The summed E-state index contributed by atoms with van der Waals surface area (Å²) < 4.78 is 5.56. The van der Waals surface area contributed by atoms with E-state index < -0.39 is 0 Å². The molecule has 1 unspecified atom stereocenters. The van der Waals surface area contributed by atoms with Gasteiger partial charge in [-0.25, -0.2) is 0 Å². The van der Waals surface area contributed by atoms with E-state index in [1.165, 1.54) is 0 Å². The number of benzene rings is 1. The molecule has 1 atom stereocenters. The molecule has 0 saturated carbocycles. The Labute approximate surface area is 81.5 Å². The molecule has 1 aliphatic rings. The zero-order valence-corrected chi connectivity index (χ0v) is 7.60. The number of ether oxygens (including phenoxy) is 1. The lowest BCUT2D eigenvalue weighted by atomic mass is 10.1. The van der Waals surface area contributed by atoms with Gasteiger partial charge in [0.05, 0.1) is 11.6 Å². The van der Waals surface area contributed by atoms with Crippen molar-refractivity contribution in [3.05, 3.63) is 36.0 Å². The fraction of sp³-hybridized carbons (Fsp3) is 0.182. The highest BCUT2D eigenvalue weighted by Gasteiger charge is 2.22. The lowest BCUT2D eigenvalue weighted by Crippen LogP contribution is -2.10. The molecule has 1 aromatic heterocycles. The Morgan fingerprint density at radius 1 is 1.36 bits per heavy atom. The molecular weight excluding hydrogens is 176 g/mol. The first-order valence-corrected chi connectivity index (χ1v) is 4.62. The van der Waals surface area contributed by atoms with Crippen molar-refractivity contribution >= 4 is 10.9 Å². The maximum absolute atomic E-state index is 5.89. The van der Waals surface area contributed by atoms with Crippen molar-refractivity contribution < 1.29 is 4.74 Å². The molecular formula is C11H10N2O. The van der Waals surface area contributed by atoms with Crippen LogP contribution in [0.5, 0.6) is 5.75 Å². The topological polar surface area (TPSA) is 48.1 Å².